The Balaban J connectivity index is 2.07. The van der Waals surface area contributed by atoms with E-state index in [1.807, 2.05) is 6.92 Å². The van der Waals surface area contributed by atoms with Crippen LogP contribution in [-0.4, -0.2) is 20.5 Å². The molecule has 2 aromatic heterocycles. The first kappa shape index (κ1) is 13.0. The van der Waals surface area contributed by atoms with Gasteiger partial charge < -0.3 is 5.73 Å². The van der Waals surface area contributed by atoms with Crippen molar-refractivity contribution < 1.29 is 4.79 Å². The molecule has 0 saturated heterocycles. The number of rotatable bonds is 4. The number of thiazole rings is 1. The molecule has 7 heteroatoms. The number of hydrogen-bond donors (Lipinski definition) is 1. The molecule has 0 radical (unpaired) electrons. The first-order valence-electron chi connectivity index (χ1n) is 5.37. The maximum absolute atomic E-state index is 11.9. The van der Waals surface area contributed by atoms with Crippen molar-refractivity contribution in [1.82, 2.24) is 14.8 Å². The van der Waals surface area contributed by atoms with Crippen LogP contribution in [0.1, 0.15) is 17.0 Å². The van der Waals surface area contributed by atoms with Crippen LogP contribution in [0.5, 0.6) is 0 Å². The Morgan fingerprint density at radius 1 is 1.56 bits per heavy atom. The number of carbonyl (C=O) groups excluding carboxylic acids is 1. The molecule has 18 heavy (non-hydrogen) atoms. The number of anilines is 1. The molecular weight excluding hydrogens is 272 g/mol. The predicted octanol–water partition coefficient (Wildman–Crippen LogP) is 1.77. The zero-order valence-electron chi connectivity index (χ0n) is 10.1. The second kappa shape index (κ2) is 5.07. The molecule has 0 bridgehead atoms. The molecule has 0 aliphatic heterocycles. The van der Waals surface area contributed by atoms with Gasteiger partial charge in [-0.05, 0) is 6.92 Å². The van der Waals surface area contributed by atoms with Crippen molar-refractivity contribution in [3.05, 3.63) is 27.5 Å². The van der Waals surface area contributed by atoms with E-state index in [2.05, 4.69) is 10.1 Å². The smallest absolute Gasteiger partial charge is 0.180 e. The van der Waals surface area contributed by atoms with Crippen molar-refractivity contribution in [2.45, 2.75) is 19.8 Å². The summed E-state index contributed by atoms with van der Waals surface area (Å²) in [6, 6.07) is 0. The van der Waals surface area contributed by atoms with Crippen LogP contribution in [-0.2, 0) is 24.7 Å². The summed E-state index contributed by atoms with van der Waals surface area (Å²) in [7, 11) is 1.75. The molecule has 2 aromatic rings. The number of Topliss-reactive ketones (excluding diaryl/α,β-unsaturated/α-hetero) is 1. The van der Waals surface area contributed by atoms with E-state index in [0.29, 0.717) is 16.0 Å². The zero-order chi connectivity index (χ0) is 13.3. The van der Waals surface area contributed by atoms with E-state index in [0.717, 1.165) is 11.3 Å². The molecule has 0 unspecified atom stereocenters. The van der Waals surface area contributed by atoms with E-state index in [-0.39, 0.29) is 18.6 Å². The van der Waals surface area contributed by atoms with E-state index in [1.54, 1.807) is 17.1 Å². The molecular formula is C11H13ClN4OS. The second-order valence-corrected chi connectivity index (χ2v) is 5.30. The van der Waals surface area contributed by atoms with Gasteiger partial charge in [0.2, 0.25) is 0 Å². The van der Waals surface area contributed by atoms with Gasteiger partial charge in [-0.2, -0.15) is 5.10 Å². The highest BCUT2D eigenvalue weighted by Crippen LogP contribution is 2.20. The van der Waals surface area contributed by atoms with Gasteiger partial charge in [-0.25, -0.2) is 4.98 Å². The lowest BCUT2D eigenvalue weighted by Crippen LogP contribution is -2.07. The highest BCUT2D eigenvalue weighted by molar-refractivity contribution is 7.13. The van der Waals surface area contributed by atoms with Gasteiger partial charge in [-0.1, -0.05) is 11.6 Å². The van der Waals surface area contributed by atoms with Crippen molar-refractivity contribution in [3.8, 4) is 0 Å². The molecule has 2 N–H and O–H groups in total. The largest absolute Gasteiger partial charge is 0.375 e. The summed E-state index contributed by atoms with van der Waals surface area (Å²) in [4.78, 5) is 16.0. The Morgan fingerprint density at radius 3 is 2.78 bits per heavy atom. The highest BCUT2D eigenvalue weighted by atomic mass is 35.5. The highest BCUT2D eigenvalue weighted by Gasteiger charge is 2.16. The Bertz CT molecular complexity index is 590. The lowest BCUT2D eigenvalue weighted by Gasteiger charge is -1.99. The van der Waals surface area contributed by atoms with Crippen molar-refractivity contribution in [2.75, 3.05) is 5.73 Å². The topological polar surface area (TPSA) is 73.8 Å². The molecule has 2 rings (SSSR count). The van der Waals surface area contributed by atoms with Gasteiger partial charge in [0, 0.05) is 30.8 Å². The third-order valence-electron chi connectivity index (χ3n) is 2.59. The van der Waals surface area contributed by atoms with Crippen molar-refractivity contribution in [1.29, 1.82) is 0 Å². The molecule has 96 valence electrons. The lowest BCUT2D eigenvalue weighted by molar-refractivity contribution is -0.117. The monoisotopic (exact) mass is 284 g/mol. The lowest BCUT2D eigenvalue weighted by atomic mass is 10.1. The minimum absolute atomic E-state index is 0.0540. The van der Waals surface area contributed by atoms with E-state index >= 15 is 0 Å². The van der Waals surface area contributed by atoms with Crippen molar-refractivity contribution in [2.24, 2.45) is 7.05 Å². The summed E-state index contributed by atoms with van der Waals surface area (Å²) in [5, 5.41) is 6.96. The molecule has 0 aliphatic carbocycles. The van der Waals surface area contributed by atoms with Gasteiger partial charge in [0.25, 0.3) is 0 Å². The number of halogens is 1. The summed E-state index contributed by atoms with van der Waals surface area (Å²) in [5.41, 5.74) is 7.80. The number of ketones is 1. The van der Waals surface area contributed by atoms with Gasteiger partial charge in [0.15, 0.2) is 5.13 Å². The zero-order valence-corrected chi connectivity index (χ0v) is 11.7. The molecule has 5 nitrogen and oxygen atoms in total. The second-order valence-electron chi connectivity index (χ2n) is 4.05. The van der Waals surface area contributed by atoms with E-state index < -0.39 is 0 Å². The molecule has 0 atom stereocenters. The molecule has 0 spiro atoms. The van der Waals surface area contributed by atoms with Crippen LogP contribution < -0.4 is 5.73 Å². The Labute approximate surface area is 114 Å². The third-order valence-corrected chi connectivity index (χ3v) is 3.79. The van der Waals surface area contributed by atoms with Gasteiger partial charge in [-0.3, -0.25) is 9.48 Å². The average molecular weight is 285 g/mol. The van der Waals surface area contributed by atoms with Gasteiger partial charge in [0.1, 0.15) is 10.9 Å². The maximum atomic E-state index is 11.9. The van der Waals surface area contributed by atoms with Crippen LogP contribution in [0.15, 0.2) is 5.38 Å². The summed E-state index contributed by atoms with van der Waals surface area (Å²) in [6.07, 6.45) is 0.550. The normalized spacial score (nSPS) is 10.8. The van der Waals surface area contributed by atoms with Gasteiger partial charge >= 0.3 is 0 Å². The van der Waals surface area contributed by atoms with Gasteiger partial charge in [0.05, 0.1) is 11.4 Å². The summed E-state index contributed by atoms with van der Waals surface area (Å²) < 4.78 is 1.57. The summed E-state index contributed by atoms with van der Waals surface area (Å²) in [6.45, 7) is 1.84. The van der Waals surface area contributed by atoms with Crippen molar-refractivity contribution >= 4 is 33.9 Å². The minimum Gasteiger partial charge on any atom is -0.375 e. The number of hydrogen-bond acceptors (Lipinski definition) is 5. The molecule has 0 aromatic carbocycles. The van der Waals surface area contributed by atoms with E-state index in [4.69, 9.17) is 17.3 Å². The maximum Gasteiger partial charge on any atom is 0.180 e. The van der Waals surface area contributed by atoms with E-state index in [1.165, 1.54) is 11.3 Å². The quantitative estimate of drug-likeness (QED) is 0.929. The number of carbonyl (C=O) groups is 1. The number of nitrogens with zero attached hydrogens (tertiary/aromatic N) is 3. The van der Waals surface area contributed by atoms with Gasteiger partial charge in [-0.15, -0.1) is 11.3 Å². The molecule has 2 heterocycles. The Kier molecular flexibility index (Phi) is 3.68. The van der Waals surface area contributed by atoms with Crippen LogP contribution in [0.4, 0.5) is 5.13 Å². The predicted molar refractivity (Wildman–Crippen MR) is 71.9 cm³/mol. The number of nitrogens with two attached hydrogens (primary N) is 1. The van der Waals surface area contributed by atoms with Crippen molar-refractivity contribution in [3.63, 3.8) is 0 Å². The standard InChI is InChI=1S/C11H13ClN4OS/c1-6-9(10(12)16(2)15-6)4-8(17)3-7-5-18-11(13)14-7/h5H,3-4H2,1-2H3,(H2,13,14). The third kappa shape index (κ3) is 2.70. The first-order valence-corrected chi connectivity index (χ1v) is 6.62. The van der Waals surface area contributed by atoms with Crippen LogP contribution in [0, 0.1) is 6.92 Å². The fourth-order valence-corrected chi connectivity index (χ4v) is 2.54. The number of nitrogen functional groups attached to an aromatic ring is 1. The van der Waals surface area contributed by atoms with Crippen LogP contribution in [0.3, 0.4) is 0 Å². The number of aromatic nitrogens is 3. The minimum atomic E-state index is 0.0540. The molecule has 0 aliphatic rings. The average Bonchev–Trinajstić information content (AvgIpc) is 2.78. The van der Waals surface area contributed by atoms with E-state index in [9.17, 15) is 4.79 Å². The fourth-order valence-electron chi connectivity index (χ4n) is 1.74. The summed E-state index contributed by atoms with van der Waals surface area (Å²) in [5.74, 6) is 0.0540. The molecule has 0 saturated carbocycles. The number of aryl methyl sites for hydroxylation is 2. The Hall–Kier alpha value is -1.40. The van der Waals surface area contributed by atoms with Crippen LogP contribution in [0.25, 0.3) is 0 Å². The molecule has 0 fully saturated rings. The first-order chi connectivity index (χ1) is 8.47. The SMILES string of the molecule is Cc1nn(C)c(Cl)c1CC(=O)Cc1csc(N)n1. The van der Waals surface area contributed by atoms with Crippen LogP contribution >= 0.6 is 22.9 Å². The molecule has 0 amide bonds. The van der Waals surface area contributed by atoms with Crippen LogP contribution in [0.2, 0.25) is 5.15 Å². The Morgan fingerprint density at radius 2 is 2.28 bits per heavy atom. The summed E-state index contributed by atoms with van der Waals surface area (Å²) >= 11 is 7.41. The fraction of sp³-hybridized carbons (Fsp3) is 0.364.